The maximum atomic E-state index is 12.8. The summed E-state index contributed by atoms with van der Waals surface area (Å²) in [7, 11) is -3.57. The number of amides is 1. The van der Waals surface area contributed by atoms with Crippen LogP contribution in [0.2, 0.25) is 10.0 Å². The van der Waals surface area contributed by atoms with Gasteiger partial charge < -0.3 is 5.32 Å². The van der Waals surface area contributed by atoms with E-state index in [0.29, 0.717) is 41.5 Å². The maximum absolute atomic E-state index is 12.8. The lowest BCUT2D eigenvalue weighted by molar-refractivity contribution is -0.126. The quantitative estimate of drug-likeness (QED) is 0.666. The molecule has 1 fully saturated rings. The molecule has 0 saturated carbocycles. The molecular formula is C22H26Cl2N2O3S. The first kappa shape index (κ1) is 23.1. The van der Waals surface area contributed by atoms with E-state index in [2.05, 4.69) is 5.32 Å². The monoisotopic (exact) mass is 468 g/mol. The van der Waals surface area contributed by atoms with E-state index < -0.39 is 10.0 Å². The third-order valence-electron chi connectivity index (χ3n) is 5.54. The fraction of sp³-hybridized carbons (Fsp3) is 0.409. The van der Waals surface area contributed by atoms with Crippen LogP contribution in [-0.4, -0.2) is 31.7 Å². The minimum atomic E-state index is -3.57. The van der Waals surface area contributed by atoms with Crippen molar-refractivity contribution in [2.45, 2.75) is 38.5 Å². The molecule has 8 heteroatoms. The average molecular weight is 469 g/mol. The normalized spacial score (nSPS) is 16.9. The van der Waals surface area contributed by atoms with E-state index >= 15 is 0 Å². The van der Waals surface area contributed by atoms with Gasteiger partial charge in [-0.1, -0.05) is 59.1 Å². The fourth-order valence-corrected chi connectivity index (χ4v) is 5.92. The molecule has 1 amide bonds. The van der Waals surface area contributed by atoms with Crippen molar-refractivity contribution in [3.8, 4) is 0 Å². The molecule has 5 nitrogen and oxygen atoms in total. The molecule has 0 radical (unpaired) electrons. The maximum Gasteiger partial charge on any atom is 0.223 e. The number of benzene rings is 2. The summed E-state index contributed by atoms with van der Waals surface area (Å²) in [5, 5.41) is 3.73. The lowest BCUT2D eigenvalue weighted by Crippen LogP contribution is -2.43. The summed E-state index contributed by atoms with van der Waals surface area (Å²) in [6.07, 6.45) is 0.976. The minimum Gasteiger partial charge on any atom is -0.349 e. The van der Waals surface area contributed by atoms with E-state index in [1.54, 1.807) is 18.2 Å². The molecule has 2 aromatic rings. The zero-order valence-corrected chi connectivity index (χ0v) is 19.4. The van der Waals surface area contributed by atoms with E-state index in [9.17, 15) is 13.2 Å². The van der Waals surface area contributed by atoms with Crippen LogP contribution in [0.3, 0.4) is 0 Å². The number of carbonyl (C=O) groups is 1. The van der Waals surface area contributed by atoms with Crippen molar-refractivity contribution in [2.75, 3.05) is 13.1 Å². The molecule has 3 rings (SSSR count). The molecule has 1 saturated heterocycles. The SMILES string of the molecule is Cc1ccc([C@@H](C)NC(=O)C2CCN(S(=O)(=O)Cc3c(Cl)cccc3Cl)CC2)cc1. The van der Waals surface area contributed by atoms with Crippen molar-refractivity contribution < 1.29 is 13.2 Å². The molecule has 1 N–H and O–H groups in total. The van der Waals surface area contributed by atoms with E-state index in [1.807, 2.05) is 38.1 Å². The summed E-state index contributed by atoms with van der Waals surface area (Å²) in [6, 6.07) is 12.9. The standard InChI is InChI=1S/C22H26Cl2N2O3S/c1-15-6-8-17(9-7-15)16(2)25-22(27)18-10-12-26(13-11-18)30(28,29)14-19-20(23)4-3-5-21(19)24/h3-9,16,18H,10-14H2,1-2H3,(H,25,27)/t16-/m1/s1. The van der Waals surface area contributed by atoms with Crippen LogP contribution in [0.15, 0.2) is 42.5 Å². The molecule has 1 heterocycles. The van der Waals surface area contributed by atoms with Gasteiger partial charge in [-0.15, -0.1) is 0 Å². The van der Waals surface area contributed by atoms with Gasteiger partial charge in [0.1, 0.15) is 0 Å². The van der Waals surface area contributed by atoms with Crippen molar-refractivity contribution in [3.05, 3.63) is 69.2 Å². The Morgan fingerprint density at radius 3 is 2.23 bits per heavy atom. The molecule has 162 valence electrons. The van der Waals surface area contributed by atoms with Crippen LogP contribution < -0.4 is 5.32 Å². The second-order valence-corrected chi connectivity index (χ2v) is 10.6. The lowest BCUT2D eigenvalue weighted by atomic mass is 9.96. The molecule has 0 bridgehead atoms. The Hall–Kier alpha value is -1.60. The highest BCUT2D eigenvalue weighted by Crippen LogP contribution is 2.29. The number of carbonyl (C=O) groups excluding carboxylic acids is 1. The van der Waals surface area contributed by atoms with Crippen LogP contribution >= 0.6 is 23.2 Å². The fourth-order valence-electron chi connectivity index (χ4n) is 3.61. The number of nitrogens with one attached hydrogen (secondary N) is 1. The highest BCUT2D eigenvalue weighted by Gasteiger charge is 2.32. The number of halogens is 2. The number of sulfonamides is 1. The highest BCUT2D eigenvalue weighted by molar-refractivity contribution is 7.88. The van der Waals surface area contributed by atoms with Gasteiger partial charge in [0, 0.05) is 34.6 Å². The Morgan fingerprint density at radius 2 is 1.67 bits per heavy atom. The van der Waals surface area contributed by atoms with Gasteiger partial charge in [-0.05, 0) is 44.4 Å². The molecule has 0 aromatic heterocycles. The van der Waals surface area contributed by atoms with Crippen molar-refractivity contribution in [2.24, 2.45) is 5.92 Å². The Morgan fingerprint density at radius 1 is 1.10 bits per heavy atom. The smallest absolute Gasteiger partial charge is 0.223 e. The molecular weight excluding hydrogens is 443 g/mol. The van der Waals surface area contributed by atoms with E-state index in [4.69, 9.17) is 23.2 Å². The Kier molecular flexibility index (Phi) is 7.45. The molecule has 1 aliphatic rings. The van der Waals surface area contributed by atoms with Crippen LogP contribution in [0.4, 0.5) is 0 Å². The van der Waals surface area contributed by atoms with Crippen LogP contribution in [-0.2, 0) is 20.6 Å². The Labute approximate surface area is 188 Å². The molecule has 0 aliphatic carbocycles. The number of piperidine rings is 1. The van der Waals surface area contributed by atoms with Crippen LogP contribution in [0.25, 0.3) is 0 Å². The van der Waals surface area contributed by atoms with E-state index in [0.717, 1.165) is 5.56 Å². The summed E-state index contributed by atoms with van der Waals surface area (Å²) in [5.41, 5.74) is 2.63. The van der Waals surface area contributed by atoms with Gasteiger partial charge in [-0.3, -0.25) is 4.79 Å². The van der Waals surface area contributed by atoms with Gasteiger partial charge >= 0.3 is 0 Å². The predicted octanol–water partition coefficient (Wildman–Crippen LogP) is 4.72. The molecule has 30 heavy (non-hydrogen) atoms. The zero-order valence-electron chi connectivity index (χ0n) is 17.1. The largest absolute Gasteiger partial charge is 0.349 e. The summed E-state index contributed by atoms with van der Waals surface area (Å²) in [6.45, 7) is 4.59. The summed E-state index contributed by atoms with van der Waals surface area (Å²) < 4.78 is 27.1. The molecule has 1 atom stereocenters. The minimum absolute atomic E-state index is 0.0331. The Bertz CT molecular complexity index is 981. The van der Waals surface area contributed by atoms with E-state index in [-0.39, 0.29) is 23.6 Å². The number of hydrogen-bond acceptors (Lipinski definition) is 3. The molecule has 2 aromatic carbocycles. The first-order chi connectivity index (χ1) is 14.2. The number of rotatable bonds is 6. The number of aryl methyl sites for hydroxylation is 1. The van der Waals surface area contributed by atoms with Crippen molar-refractivity contribution in [3.63, 3.8) is 0 Å². The molecule has 0 spiro atoms. The average Bonchev–Trinajstić information content (AvgIpc) is 2.71. The zero-order chi connectivity index (χ0) is 21.9. The van der Waals surface area contributed by atoms with Crippen molar-refractivity contribution >= 4 is 39.1 Å². The third kappa shape index (κ3) is 5.55. The van der Waals surface area contributed by atoms with E-state index in [1.165, 1.54) is 9.87 Å². The van der Waals surface area contributed by atoms with Gasteiger partial charge in [-0.2, -0.15) is 0 Å². The summed E-state index contributed by atoms with van der Waals surface area (Å²) in [4.78, 5) is 12.7. The number of hydrogen-bond donors (Lipinski definition) is 1. The summed E-state index contributed by atoms with van der Waals surface area (Å²) >= 11 is 12.3. The Balaban J connectivity index is 1.57. The van der Waals surface area contributed by atoms with Gasteiger partial charge in [-0.25, -0.2) is 12.7 Å². The molecule has 1 aliphatic heterocycles. The first-order valence-corrected chi connectivity index (χ1v) is 12.3. The van der Waals surface area contributed by atoms with Gasteiger partial charge in [0.05, 0.1) is 11.8 Å². The second-order valence-electron chi connectivity index (χ2n) is 7.77. The molecule has 0 unspecified atom stereocenters. The van der Waals surface area contributed by atoms with Gasteiger partial charge in [0.2, 0.25) is 15.9 Å². The second kappa shape index (κ2) is 9.69. The third-order valence-corrected chi connectivity index (χ3v) is 8.06. The number of nitrogens with zero attached hydrogens (tertiary/aromatic N) is 1. The lowest BCUT2D eigenvalue weighted by Gasteiger charge is -2.31. The van der Waals surface area contributed by atoms with Crippen LogP contribution in [0, 0.1) is 12.8 Å². The first-order valence-electron chi connectivity index (χ1n) is 9.95. The highest BCUT2D eigenvalue weighted by atomic mass is 35.5. The van der Waals surface area contributed by atoms with Gasteiger partial charge in [0.15, 0.2) is 0 Å². The van der Waals surface area contributed by atoms with Crippen molar-refractivity contribution in [1.29, 1.82) is 0 Å². The van der Waals surface area contributed by atoms with Crippen LogP contribution in [0.1, 0.15) is 42.5 Å². The van der Waals surface area contributed by atoms with Crippen LogP contribution in [0.5, 0.6) is 0 Å². The van der Waals surface area contributed by atoms with Crippen molar-refractivity contribution in [1.82, 2.24) is 9.62 Å². The topological polar surface area (TPSA) is 66.5 Å². The predicted molar refractivity (Wildman–Crippen MR) is 121 cm³/mol. The summed E-state index contributed by atoms with van der Waals surface area (Å²) in [5.74, 6) is -0.477. The van der Waals surface area contributed by atoms with Gasteiger partial charge in [0.25, 0.3) is 0 Å².